The molecule has 5 rings (SSSR count). The molecule has 1 spiro atoms. The summed E-state index contributed by atoms with van der Waals surface area (Å²) in [7, 11) is 0. The highest BCUT2D eigenvalue weighted by Gasteiger charge is 2.65. The third-order valence-corrected chi connectivity index (χ3v) is 11.4. The van der Waals surface area contributed by atoms with Crippen LogP contribution in [0.5, 0.6) is 0 Å². The molecular weight excluding hydrogens is 366 g/mol. The van der Waals surface area contributed by atoms with Crippen LogP contribution < -0.4 is 5.32 Å². The number of fused-ring (bicyclic) bond motifs is 2. The Balaban J connectivity index is 1.38. The first-order valence-corrected chi connectivity index (χ1v) is 13.7. The van der Waals surface area contributed by atoms with Crippen molar-refractivity contribution in [2.24, 2.45) is 46.3 Å². The largest absolute Gasteiger partial charge is 0.357 e. The van der Waals surface area contributed by atoms with Gasteiger partial charge in [0.25, 0.3) is 0 Å². The van der Waals surface area contributed by atoms with Crippen LogP contribution in [-0.2, 0) is 4.74 Å². The van der Waals surface area contributed by atoms with Crippen LogP contribution in [-0.4, -0.2) is 18.4 Å². The fourth-order valence-electron chi connectivity index (χ4n) is 9.82. The smallest absolute Gasteiger partial charge is 0.122 e. The normalized spacial score (nSPS) is 56.1. The van der Waals surface area contributed by atoms with Crippen molar-refractivity contribution in [2.75, 3.05) is 6.54 Å². The van der Waals surface area contributed by atoms with Gasteiger partial charge in [0.1, 0.15) is 5.72 Å². The van der Waals surface area contributed by atoms with E-state index in [0.717, 1.165) is 36.1 Å². The predicted octanol–water partition coefficient (Wildman–Crippen LogP) is 7.18. The number of nitrogens with one attached hydrogen (secondary N) is 1. The van der Waals surface area contributed by atoms with Crippen LogP contribution in [0.3, 0.4) is 0 Å². The second kappa shape index (κ2) is 7.75. The molecule has 5 fully saturated rings. The van der Waals surface area contributed by atoms with Crippen LogP contribution in [0.1, 0.15) is 112 Å². The molecule has 2 aliphatic heterocycles. The van der Waals surface area contributed by atoms with Gasteiger partial charge in [-0.3, -0.25) is 5.32 Å². The van der Waals surface area contributed by atoms with Crippen molar-refractivity contribution in [1.29, 1.82) is 0 Å². The SMILES string of the molecule is CCC[C@]1(C)[C@@H]2[C@H](C[C@H]1[C@@H]1CC[C@H]3CCCC[C@]3(C)C1)O[C@@]1(CC[C@H](C)CN1)[C@H]2C. The van der Waals surface area contributed by atoms with Gasteiger partial charge in [0.2, 0.25) is 0 Å². The Labute approximate surface area is 186 Å². The molecule has 3 aliphatic carbocycles. The lowest BCUT2D eigenvalue weighted by atomic mass is 9.53. The Morgan fingerprint density at radius 2 is 1.83 bits per heavy atom. The molecule has 30 heavy (non-hydrogen) atoms. The van der Waals surface area contributed by atoms with Gasteiger partial charge in [0.05, 0.1) is 6.10 Å². The zero-order valence-corrected chi connectivity index (χ0v) is 20.6. The van der Waals surface area contributed by atoms with Gasteiger partial charge in [-0.1, -0.05) is 53.9 Å². The van der Waals surface area contributed by atoms with Crippen LogP contribution in [0.2, 0.25) is 0 Å². The summed E-state index contributed by atoms with van der Waals surface area (Å²) in [6, 6.07) is 0. The first kappa shape index (κ1) is 21.7. The van der Waals surface area contributed by atoms with E-state index in [1.807, 2.05) is 0 Å². The molecular formula is C28H49NO. The monoisotopic (exact) mass is 415 g/mol. The van der Waals surface area contributed by atoms with Crippen LogP contribution in [0.25, 0.3) is 0 Å². The molecule has 2 saturated heterocycles. The van der Waals surface area contributed by atoms with Gasteiger partial charge in [0, 0.05) is 12.5 Å². The van der Waals surface area contributed by atoms with Gasteiger partial charge >= 0.3 is 0 Å². The van der Waals surface area contributed by atoms with Gasteiger partial charge in [-0.15, -0.1) is 0 Å². The first-order valence-electron chi connectivity index (χ1n) is 13.7. The molecule has 2 heterocycles. The lowest BCUT2D eigenvalue weighted by Crippen LogP contribution is -2.56. The molecule has 0 radical (unpaired) electrons. The highest BCUT2D eigenvalue weighted by Crippen LogP contribution is 2.66. The summed E-state index contributed by atoms with van der Waals surface area (Å²) in [6.07, 6.45) is 17.6. The summed E-state index contributed by atoms with van der Waals surface area (Å²) in [5.41, 5.74) is 1.09. The summed E-state index contributed by atoms with van der Waals surface area (Å²) in [6.45, 7) is 13.9. The van der Waals surface area contributed by atoms with E-state index >= 15 is 0 Å². The van der Waals surface area contributed by atoms with Crippen molar-refractivity contribution in [3.8, 4) is 0 Å². The summed E-state index contributed by atoms with van der Waals surface area (Å²) in [5, 5.41) is 3.92. The molecule has 2 heteroatoms. The molecule has 3 saturated carbocycles. The van der Waals surface area contributed by atoms with Crippen molar-refractivity contribution in [2.45, 2.75) is 123 Å². The van der Waals surface area contributed by atoms with Gasteiger partial charge < -0.3 is 4.74 Å². The van der Waals surface area contributed by atoms with Crippen LogP contribution in [0.15, 0.2) is 0 Å². The number of piperidine rings is 1. The number of hydrogen-bond donors (Lipinski definition) is 1. The van der Waals surface area contributed by atoms with Crippen molar-refractivity contribution in [3.63, 3.8) is 0 Å². The molecule has 0 aromatic carbocycles. The highest BCUT2D eigenvalue weighted by atomic mass is 16.5. The predicted molar refractivity (Wildman–Crippen MR) is 125 cm³/mol. The van der Waals surface area contributed by atoms with Crippen molar-refractivity contribution in [3.05, 3.63) is 0 Å². The second-order valence-electron chi connectivity index (χ2n) is 13.1. The Morgan fingerprint density at radius 1 is 1.00 bits per heavy atom. The van der Waals surface area contributed by atoms with Gasteiger partial charge in [-0.05, 0) is 98.2 Å². The van der Waals surface area contributed by atoms with E-state index < -0.39 is 0 Å². The molecule has 172 valence electrons. The molecule has 0 amide bonds. The second-order valence-corrected chi connectivity index (χ2v) is 13.1. The summed E-state index contributed by atoms with van der Waals surface area (Å²) in [5.74, 6) is 5.05. The number of rotatable bonds is 3. The van der Waals surface area contributed by atoms with Gasteiger partial charge in [-0.2, -0.15) is 0 Å². The molecule has 2 nitrogen and oxygen atoms in total. The minimum atomic E-state index is -0.0190. The van der Waals surface area contributed by atoms with Crippen LogP contribution >= 0.6 is 0 Å². The maximum absolute atomic E-state index is 7.06. The lowest BCUT2D eigenvalue weighted by Gasteiger charge is -2.52. The van der Waals surface area contributed by atoms with E-state index in [0.29, 0.717) is 22.9 Å². The lowest BCUT2D eigenvalue weighted by molar-refractivity contribution is -0.111. The summed E-state index contributed by atoms with van der Waals surface area (Å²) < 4.78 is 7.06. The minimum Gasteiger partial charge on any atom is -0.357 e. The van der Waals surface area contributed by atoms with E-state index in [1.54, 1.807) is 0 Å². The molecule has 0 aromatic heterocycles. The highest BCUT2D eigenvalue weighted by molar-refractivity contribution is 5.12. The van der Waals surface area contributed by atoms with Gasteiger partial charge in [0.15, 0.2) is 0 Å². The maximum atomic E-state index is 7.06. The molecule has 1 N–H and O–H groups in total. The average molecular weight is 416 g/mol. The molecule has 0 bridgehead atoms. The fraction of sp³-hybridized carbons (Fsp3) is 1.00. The zero-order chi connectivity index (χ0) is 21.1. The quantitative estimate of drug-likeness (QED) is 0.527. The zero-order valence-electron chi connectivity index (χ0n) is 20.6. The van der Waals surface area contributed by atoms with E-state index in [9.17, 15) is 0 Å². The first-order chi connectivity index (χ1) is 14.3. The van der Waals surface area contributed by atoms with Crippen LogP contribution in [0.4, 0.5) is 0 Å². The standard InChI is InChI=1S/C28H49NO/c1-6-13-27(5)23(21-10-11-22-9-7-8-14-26(22,4)17-21)16-24-25(27)20(3)28(30-24)15-12-19(2)18-29-28/h19-25,29H,6-18H2,1-5H3/t19-,20-,21+,22+,23-,24-,25-,26+,27-,28-/m0/s1. The molecule has 10 atom stereocenters. The summed E-state index contributed by atoms with van der Waals surface area (Å²) in [4.78, 5) is 0. The van der Waals surface area contributed by atoms with E-state index in [1.165, 1.54) is 77.0 Å². The Kier molecular flexibility index (Phi) is 5.62. The Hall–Kier alpha value is -0.0800. The fourth-order valence-corrected chi connectivity index (χ4v) is 9.82. The third kappa shape index (κ3) is 3.25. The van der Waals surface area contributed by atoms with E-state index in [-0.39, 0.29) is 5.72 Å². The third-order valence-electron chi connectivity index (χ3n) is 11.4. The topological polar surface area (TPSA) is 21.3 Å². The van der Waals surface area contributed by atoms with E-state index in [2.05, 4.69) is 39.9 Å². The minimum absolute atomic E-state index is 0.0190. The molecule has 0 aromatic rings. The Bertz CT molecular complexity index is 624. The van der Waals surface area contributed by atoms with Crippen molar-refractivity contribution < 1.29 is 4.74 Å². The molecule has 5 aliphatic rings. The van der Waals surface area contributed by atoms with Crippen molar-refractivity contribution in [1.82, 2.24) is 5.32 Å². The van der Waals surface area contributed by atoms with E-state index in [4.69, 9.17) is 4.74 Å². The molecule has 0 unspecified atom stereocenters. The van der Waals surface area contributed by atoms with Gasteiger partial charge in [-0.25, -0.2) is 0 Å². The summed E-state index contributed by atoms with van der Waals surface area (Å²) >= 11 is 0. The van der Waals surface area contributed by atoms with Crippen LogP contribution in [0, 0.1) is 46.3 Å². The van der Waals surface area contributed by atoms with Crippen molar-refractivity contribution >= 4 is 0 Å². The number of ether oxygens (including phenoxy) is 1. The average Bonchev–Trinajstić information content (AvgIpc) is 3.15. The Morgan fingerprint density at radius 3 is 2.57 bits per heavy atom. The maximum Gasteiger partial charge on any atom is 0.122 e. The number of hydrogen-bond acceptors (Lipinski definition) is 2.